The van der Waals surface area contributed by atoms with Gasteiger partial charge in [-0.1, -0.05) is 6.07 Å². The first kappa shape index (κ1) is 21.3. The fraction of sp³-hybridized carbons (Fsp3) is 0.350. The number of hydrogen-bond acceptors (Lipinski definition) is 4. The highest BCUT2D eigenvalue weighted by molar-refractivity contribution is 14.0. The molecular formula is C20H26IN3O3. The molecule has 0 aliphatic heterocycles. The quantitative estimate of drug-likeness (QED) is 0.334. The van der Waals surface area contributed by atoms with Crippen molar-refractivity contribution >= 4 is 35.6 Å². The predicted molar refractivity (Wildman–Crippen MR) is 118 cm³/mol. The summed E-state index contributed by atoms with van der Waals surface area (Å²) < 4.78 is 10.5. The van der Waals surface area contributed by atoms with Crippen LogP contribution in [0.1, 0.15) is 29.2 Å². The topological polar surface area (TPSA) is 89.1 Å². The van der Waals surface area contributed by atoms with Gasteiger partial charge < -0.3 is 25.6 Å². The maximum atomic E-state index is 10.5. The Morgan fingerprint density at radius 1 is 1.15 bits per heavy atom. The number of fused-ring (bicyclic) bond motifs is 1. The molecule has 1 aliphatic rings. The van der Waals surface area contributed by atoms with Gasteiger partial charge in [-0.25, -0.2) is 0 Å². The summed E-state index contributed by atoms with van der Waals surface area (Å²) in [6.07, 6.45) is 2.61. The Labute approximate surface area is 176 Å². The third kappa shape index (κ3) is 5.26. The molecule has 0 radical (unpaired) electrons. The number of nitrogens with two attached hydrogens (primary N) is 1. The van der Waals surface area contributed by atoms with Gasteiger partial charge in [-0.2, -0.15) is 0 Å². The first-order valence-electron chi connectivity index (χ1n) is 8.69. The Kier molecular flexibility index (Phi) is 7.73. The molecule has 6 nitrogen and oxygen atoms in total. The van der Waals surface area contributed by atoms with Crippen molar-refractivity contribution in [2.75, 3.05) is 26.1 Å². The van der Waals surface area contributed by atoms with Gasteiger partial charge in [0.25, 0.3) is 0 Å². The number of methoxy groups -OCH3 is 2. The largest absolute Gasteiger partial charge is 0.497 e. The maximum Gasteiger partial charge on any atom is 0.193 e. The van der Waals surface area contributed by atoms with Gasteiger partial charge in [0.05, 0.1) is 20.8 Å². The second-order valence-corrected chi connectivity index (χ2v) is 6.31. The Bertz CT molecular complexity index is 811. The number of aliphatic hydroxyl groups is 1. The molecule has 4 N–H and O–H groups in total. The molecular weight excluding hydrogens is 457 g/mol. The molecule has 0 amide bonds. The molecule has 3 rings (SSSR count). The third-order valence-corrected chi connectivity index (χ3v) is 4.60. The summed E-state index contributed by atoms with van der Waals surface area (Å²) in [6.45, 7) is 0.118. The van der Waals surface area contributed by atoms with Crippen molar-refractivity contribution in [1.82, 2.24) is 0 Å². The van der Waals surface area contributed by atoms with Gasteiger partial charge in [0.1, 0.15) is 17.6 Å². The number of benzene rings is 2. The lowest BCUT2D eigenvalue weighted by Gasteiger charge is -2.15. The van der Waals surface area contributed by atoms with Crippen molar-refractivity contribution in [2.45, 2.75) is 25.4 Å². The Hall–Kier alpha value is -2.00. The number of guanidine groups is 1. The monoisotopic (exact) mass is 483 g/mol. The fourth-order valence-corrected chi connectivity index (χ4v) is 3.22. The van der Waals surface area contributed by atoms with Crippen LogP contribution in [0, 0.1) is 0 Å². The first-order valence-corrected chi connectivity index (χ1v) is 8.69. The van der Waals surface area contributed by atoms with Crippen LogP contribution in [0.3, 0.4) is 0 Å². The lowest BCUT2D eigenvalue weighted by atomic mass is 10.1. The van der Waals surface area contributed by atoms with Crippen LogP contribution < -0.4 is 20.5 Å². The molecule has 0 fully saturated rings. The summed E-state index contributed by atoms with van der Waals surface area (Å²) in [4.78, 5) is 4.26. The number of nitrogens with zero attached hydrogens (tertiary/aromatic N) is 1. The molecule has 0 spiro atoms. The number of aliphatic imine (C=N–C) groups is 1. The van der Waals surface area contributed by atoms with Gasteiger partial charge in [-0.05, 0) is 60.7 Å². The van der Waals surface area contributed by atoms with Gasteiger partial charge in [-0.3, -0.25) is 4.99 Å². The summed E-state index contributed by atoms with van der Waals surface area (Å²) in [5.41, 5.74) is 10.3. The zero-order valence-electron chi connectivity index (χ0n) is 15.6. The van der Waals surface area contributed by atoms with Crippen molar-refractivity contribution in [1.29, 1.82) is 0 Å². The summed E-state index contributed by atoms with van der Waals surface area (Å²) in [7, 11) is 3.14. The number of anilines is 1. The molecule has 0 bridgehead atoms. The molecule has 1 atom stereocenters. The van der Waals surface area contributed by atoms with E-state index in [9.17, 15) is 5.11 Å². The highest BCUT2D eigenvalue weighted by Crippen LogP contribution is 2.29. The van der Waals surface area contributed by atoms with E-state index in [0.717, 1.165) is 18.5 Å². The van der Waals surface area contributed by atoms with Crippen molar-refractivity contribution in [2.24, 2.45) is 10.7 Å². The molecule has 7 heteroatoms. The van der Waals surface area contributed by atoms with Crippen molar-refractivity contribution in [3.8, 4) is 11.5 Å². The Morgan fingerprint density at radius 2 is 1.93 bits per heavy atom. The van der Waals surface area contributed by atoms with E-state index in [1.165, 1.54) is 17.5 Å². The summed E-state index contributed by atoms with van der Waals surface area (Å²) in [6, 6.07) is 11.5. The SMILES string of the molecule is COc1ccc(OC)c(C(O)CN=C(N)Nc2ccc3c(c2)CCC3)c1.I. The van der Waals surface area contributed by atoms with E-state index in [1.807, 2.05) is 6.07 Å². The number of hydrogen-bond donors (Lipinski definition) is 3. The van der Waals surface area contributed by atoms with E-state index in [0.29, 0.717) is 17.1 Å². The highest BCUT2D eigenvalue weighted by Gasteiger charge is 2.15. The number of nitrogens with one attached hydrogen (secondary N) is 1. The second kappa shape index (κ2) is 9.80. The summed E-state index contributed by atoms with van der Waals surface area (Å²) in [5, 5.41) is 13.6. The minimum Gasteiger partial charge on any atom is -0.497 e. The fourth-order valence-electron chi connectivity index (χ4n) is 3.22. The van der Waals surface area contributed by atoms with Gasteiger partial charge in [-0.15, -0.1) is 24.0 Å². The lowest BCUT2D eigenvalue weighted by molar-refractivity contribution is 0.182. The average molecular weight is 483 g/mol. The lowest BCUT2D eigenvalue weighted by Crippen LogP contribution is -2.23. The van der Waals surface area contributed by atoms with Gasteiger partial charge in [0.2, 0.25) is 0 Å². The highest BCUT2D eigenvalue weighted by atomic mass is 127. The molecule has 146 valence electrons. The van der Waals surface area contributed by atoms with Crippen LogP contribution in [0.15, 0.2) is 41.4 Å². The van der Waals surface area contributed by atoms with Crippen LogP contribution in [-0.4, -0.2) is 31.8 Å². The molecule has 27 heavy (non-hydrogen) atoms. The summed E-state index contributed by atoms with van der Waals surface area (Å²) in [5.74, 6) is 1.50. The number of rotatable bonds is 6. The Balaban J connectivity index is 0.00000261. The van der Waals surface area contributed by atoms with Crippen molar-refractivity contribution < 1.29 is 14.6 Å². The van der Waals surface area contributed by atoms with Gasteiger partial charge in [0.15, 0.2) is 5.96 Å². The van der Waals surface area contributed by atoms with Crippen LogP contribution >= 0.6 is 24.0 Å². The second-order valence-electron chi connectivity index (χ2n) is 6.31. The van der Waals surface area contributed by atoms with Crippen molar-refractivity contribution in [3.05, 3.63) is 53.1 Å². The molecule has 0 saturated carbocycles. The standard InChI is InChI=1S/C20H25N3O3.HI/c1-25-16-8-9-19(26-2)17(11-16)18(24)12-22-20(21)23-15-7-6-13-4-3-5-14(13)10-15;/h6-11,18,24H,3-5,12H2,1-2H3,(H3,21,22,23);1H. The number of aliphatic hydroxyl groups excluding tert-OH is 1. The first-order chi connectivity index (χ1) is 12.6. The van der Waals surface area contributed by atoms with E-state index >= 15 is 0 Å². The molecule has 0 heterocycles. The maximum absolute atomic E-state index is 10.5. The molecule has 2 aromatic carbocycles. The van der Waals surface area contributed by atoms with E-state index in [-0.39, 0.29) is 36.5 Å². The van der Waals surface area contributed by atoms with Crippen LogP contribution in [-0.2, 0) is 12.8 Å². The number of halogens is 1. The zero-order valence-corrected chi connectivity index (χ0v) is 17.9. The Morgan fingerprint density at radius 3 is 2.67 bits per heavy atom. The average Bonchev–Trinajstić information content (AvgIpc) is 3.13. The van der Waals surface area contributed by atoms with Crippen molar-refractivity contribution in [3.63, 3.8) is 0 Å². The van der Waals surface area contributed by atoms with E-state index in [2.05, 4.69) is 22.4 Å². The number of ether oxygens (including phenoxy) is 2. The molecule has 0 saturated heterocycles. The van der Waals surface area contributed by atoms with E-state index in [4.69, 9.17) is 15.2 Å². The van der Waals surface area contributed by atoms with E-state index in [1.54, 1.807) is 32.4 Å². The van der Waals surface area contributed by atoms with Crippen LogP contribution in [0.2, 0.25) is 0 Å². The third-order valence-electron chi connectivity index (χ3n) is 4.60. The smallest absolute Gasteiger partial charge is 0.193 e. The minimum absolute atomic E-state index is 0. The van der Waals surface area contributed by atoms with Gasteiger partial charge >= 0.3 is 0 Å². The molecule has 2 aromatic rings. The van der Waals surface area contributed by atoms with Crippen LogP contribution in [0.4, 0.5) is 5.69 Å². The van der Waals surface area contributed by atoms with E-state index < -0.39 is 6.10 Å². The number of aryl methyl sites for hydroxylation is 2. The zero-order chi connectivity index (χ0) is 18.5. The van der Waals surface area contributed by atoms with Gasteiger partial charge in [0, 0.05) is 11.3 Å². The molecule has 1 unspecified atom stereocenters. The molecule has 1 aliphatic carbocycles. The predicted octanol–water partition coefficient (Wildman–Crippen LogP) is 3.27. The minimum atomic E-state index is -0.847. The van der Waals surface area contributed by atoms with Crippen LogP contribution in [0.5, 0.6) is 11.5 Å². The molecule has 0 aromatic heterocycles. The van der Waals surface area contributed by atoms with Crippen LogP contribution in [0.25, 0.3) is 0 Å². The normalized spacial score (nSPS) is 14.1. The summed E-state index contributed by atoms with van der Waals surface area (Å²) >= 11 is 0.